The van der Waals surface area contributed by atoms with Gasteiger partial charge in [0.15, 0.2) is 0 Å². The molecule has 0 unspecified atom stereocenters. The van der Waals surface area contributed by atoms with E-state index < -0.39 is 0 Å². The highest BCUT2D eigenvalue weighted by Gasteiger charge is 2.10. The molecule has 3 heteroatoms. The molecular formula is C10H14BFO. The Morgan fingerprint density at radius 1 is 1.54 bits per heavy atom. The average molecular weight is 180 g/mol. The Hall–Kier alpha value is -0.985. The first-order valence-electron chi connectivity index (χ1n) is 4.52. The predicted octanol–water partition coefficient (Wildman–Crippen LogP) is 1.92. The lowest BCUT2D eigenvalue weighted by molar-refractivity contribution is 0.407. The normalized spacial score (nSPS) is 12.5. The number of hydrogen-bond donors (Lipinski definition) is 0. The van der Waals surface area contributed by atoms with Gasteiger partial charge in [0, 0.05) is 0 Å². The molecule has 0 aliphatic rings. The number of halogens is 1. The molecular weight excluding hydrogens is 166 g/mol. The van der Waals surface area contributed by atoms with Crippen LogP contribution in [0.3, 0.4) is 0 Å². The molecule has 0 spiro atoms. The Morgan fingerprint density at radius 3 is 2.77 bits per heavy atom. The second-order valence-corrected chi connectivity index (χ2v) is 3.20. The zero-order chi connectivity index (χ0) is 9.84. The van der Waals surface area contributed by atoms with Crippen molar-refractivity contribution in [2.75, 3.05) is 7.11 Å². The molecule has 0 aromatic heterocycles. The first-order chi connectivity index (χ1) is 6.19. The number of benzene rings is 1. The zero-order valence-corrected chi connectivity index (χ0v) is 8.30. The summed E-state index contributed by atoms with van der Waals surface area (Å²) >= 11 is 0. The van der Waals surface area contributed by atoms with Gasteiger partial charge in [0.2, 0.25) is 0 Å². The third-order valence-corrected chi connectivity index (χ3v) is 2.34. The molecule has 0 aliphatic heterocycles. The summed E-state index contributed by atoms with van der Waals surface area (Å²) in [6.45, 7) is 2.08. The summed E-state index contributed by atoms with van der Waals surface area (Å²) in [7, 11) is 3.68. The van der Waals surface area contributed by atoms with Gasteiger partial charge < -0.3 is 4.74 Å². The smallest absolute Gasteiger partial charge is 0.123 e. The zero-order valence-electron chi connectivity index (χ0n) is 8.30. The molecule has 1 rings (SSSR count). The van der Waals surface area contributed by atoms with Crippen molar-refractivity contribution in [2.45, 2.75) is 19.2 Å². The van der Waals surface area contributed by atoms with E-state index in [1.807, 2.05) is 0 Å². The van der Waals surface area contributed by atoms with Crippen LogP contribution in [-0.4, -0.2) is 15.0 Å². The fourth-order valence-electron chi connectivity index (χ4n) is 1.31. The Morgan fingerprint density at radius 2 is 2.23 bits per heavy atom. The maximum absolute atomic E-state index is 12.9. The summed E-state index contributed by atoms with van der Waals surface area (Å²) < 4.78 is 18.1. The van der Waals surface area contributed by atoms with E-state index in [2.05, 4.69) is 14.8 Å². The standard InChI is InChI=1S/C10H14BFO/c1-3-9(11)8-6-7(12)4-5-10(8)13-2/h4-6,9H,3,11H2,1-2H3/t9-/m0/s1. The van der Waals surface area contributed by atoms with Crippen molar-refractivity contribution < 1.29 is 9.13 Å². The van der Waals surface area contributed by atoms with Crippen LogP contribution in [0, 0.1) is 5.82 Å². The van der Waals surface area contributed by atoms with E-state index in [-0.39, 0.29) is 5.82 Å². The Kier molecular flexibility index (Phi) is 3.35. The van der Waals surface area contributed by atoms with Crippen molar-refractivity contribution in [3.05, 3.63) is 29.6 Å². The van der Waals surface area contributed by atoms with Crippen molar-refractivity contribution in [3.8, 4) is 5.75 Å². The highest BCUT2D eigenvalue weighted by atomic mass is 19.1. The van der Waals surface area contributed by atoms with Crippen molar-refractivity contribution in [1.29, 1.82) is 0 Å². The van der Waals surface area contributed by atoms with Crippen molar-refractivity contribution in [3.63, 3.8) is 0 Å². The van der Waals surface area contributed by atoms with E-state index in [0.29, 0.717) is 5.82 Å². The lowest BCUT2D eigenvalue weighted by Crippen LogP contribution is -2.00. The Bertz CT molecular complexity index is 288. The molecule has 0 bridgehead atoms. The fourth-order valence-corrected chi connectivity index (χ4v) is 1.31. The lowest BCUT2D eigenvalue weighted by atomic mass is 9.79. The van der Waals surface area contributed by atoms with Gasteiger partial charge in [-0.05, 0) is 29.6 Å². The Balaban J connectivity index is 3.07. The minimum atomic E-state index is -0.198. The van der Waals surface area contributed by atoms with Gasteiger partial charge in [0.25, 0.3) is 0 Å². The van der Waals surface area contributed by atoms with Crippen LogP contribution in [0.4, 0.5) is 4.39 Å². The molecule has 0 saturated carbocycles. The van der Waals surface area contributed by atoms with Gasteiger partial charge in [-0.25, -0.2) is 4.39 Å². The lowest BCUT2D eigenvalue weighted by Gasteiger charge is -2.13. The second-order valence-electron chi connectivity index (χ2n) is 3.20. The van der Waals surface area contributed by atoms with Gasteiger partial charge in [-0.1, -0.05) is 13.3 Å². The molecule has 1 aromatic carbocycles. The molecule has 0 radical (unpaired) electrons. The van der Waals surface area contributed by atoms with Crippen LogP contribution in [0.25, 0.3) is 0 Å². The maximum Gasteiger partial charge on any atom is 0.123 e. The van der Waals surface area contributed by atoms with Crippen molar-refractivity contribution in [2.24, 2.45) is 0 Å². The molecule has 1 nitrogen and oxygen atoms in total. The second kappa shape index (κ2) is 4.31. The van der Waals surface area contributed by atoms with Gasteiger partial charge in [-0.15, -0.1) is 0 Å². The third-order valence-electron chi connectivity index (χ3n) is 2.34. The summed E-state index contributed by atoms with van der Waals surface area (Å²) in [4.78, 5) is 0. The van der Waals surface area contributed by atoms with Crippen molar-refractivity contribution >= 4 is 7.85 Å². The van der Waals surface area contributed by atoms with Crippen LogP contribution >= 0.6 is 0 Å². The topological polar surface area (TPSA) is 9.23 Å². The van der Waals surface area contributed by atoms with Crippen LogP contribution in [-0.2, 0) is 0 Å². The number of hydrogen-bond acceptors (Lipinski definition) is 1. The predicted molar refractivity (Wildman–Crippen MR) is 54.5 cm³/mol. The van der Waals surface area contributed by atoms with E-state index in [9.17, 15) is 4.39 Å². The minimum absolute atomic E-state index is 0.198. The molecule has 0 N–H and O–H groups in total. The summed E-state index contributed by atoms with van der Waals surface area (Å²) in [6.07, 6.45) is 0.986. The minimum Gasteiger partial charge on any atom is -0.496 e. The van der Waals surface area contributed by atoms with Crippen LogP contribution in [0.5, 0.6) is 5.75 Å². The van der Waals surface area contributed by atoms with E-state index in [1.54, 1.807) is 19.2 Å². The average Bonchev–Trinajstić information content (AvgIpc) is 2.16. The van der Waals surface area contributed by atoms with Crippen molar-refractivity contribution in [1.82, 2.24) is 0 Å². The van der Waals surface area contributed by atoms with Crippen LogP contribution in [0.2, 0.25) is 0 Å². The molecule has 13 heavy (non-hydrogen) atoms. The molecule has 0 aliphatic carbocycles. The van der Waals surface area contributed by atoms with E-state index in [4.69, 9.17) is 4.74 Å². The molecule has 0 fully saturated rings. The van der Waals surface area contributed by atoms with Gasteiger partial charge >= 0.3 is 0 Å². The monoisotopic (exact) mass is 180 g/mol. The van der Waals surface area contributed by atoms with Gasteiger partial charge in [0.1, 0.15) is 19.4 Å². The van der Waals surface area contributed by atoms with E-state index in [1.165, 1.54) is 6.07 Å². The number of methoxy groups -OCH3 is 1. The molecule has 0 heterocycles. The van der Waals surface area contributed by atoms with Crippen LogP contribution in [0.15, 0.2) is 18.2 Å². The quantitative estimate of drug-likeness (QED) is 0.645. The summed E-state index contributed by atoms with van der Waals surface area (Å²) in [5.74, 6) is 0.914. The summed E-state index contributed by atoms with van der Waals surface area (Å²) in [5, 5.41) is 0. The third kappa shape index (κ3) is 2.23. The molecule has 0 saturated heterocycles. The van der Waals surface area contributed by atoms with Gasteiger partial charge in [0.05, 0.1) is 7.11 Å². The number of rotatable bonds is 3. The first kappa shape index (κ1) is 10.1. The highest BCUT2D eigenvalue weighted by molar-refractivity contribution is 6.12. The SMILES string of the molecule is B[C@@H](CC)c1cc(F)ccc1OC. The molecule has 0 amide bonds. The Labute approximate surface area is 79.3 Å². The molecule has 70 valence electrons. The summed E-state index contributed by atoms with van der Waals surface area (Å²) in [6, 6.07) is 4.65. The number of ether oxygens (including phenoxy) is 1. The van der Waals surface area contributed by atoms with Crippen LogP contribution in [0.1, 0.15) is 24.7 Å². The van der Waals surface area contributed by atoms with E-state index >= 15 is 0 Å². The van der Waals surface area contributed by atoms with E-state index in [0.717, 1.165) is 17.7 Å². The highest BCUT2D eigenvalue weighted by Crippen LogP contribution is 2.27. The van der Waals surface area contributed by atoms with Gasteiger partial charge in [-0.2, -0.15) is 0 Å². The largest absolute Gasteiger partial charge is 0.496 e. The fraction of sp³-hybridized carbons (Fsp3) is 0.400. The molecule has 1 aromatic rings. The summed E-state index contributed by atoms with van der Waals surface area (Å²) in [5.41, 5.74) is 0.949. The van der Waals surface area contributed by atoms with Crippen LogP contribution < -0.4 is 4.74 Å². The first-order valence-corrected chi connectivity index (χ1v) is 4.52. The van der Waals surface area contributed by atoms with Gasteiger partial charge in [-0.3, -0.25) is 0 Å². The maximum atomic E-state index is 12.9. The molecule has 1 atom stereocenters.